The first-order valence-electron chi connectivity index (χ1n) is 6.28. The predicted octanol–water partition coefficient (Wildman–Crippen LogP) is -15.2. The van der Waals surface area contributed by atoms with Gasteiger partial charge in [0, 0.05) is 0 Å². The molecule has 0 N–H and O–H groups in total. The van der Waals surface area contributed by atoms with Gasteiger partial charge in [-0.15, -0.1) is 0 Å². The first-order valence-corrected chi connectivity index (χ1v) is 6.28. The molecule has 2 rings (SSSR count). The zero-order valence-corrected chi connectivity index (χ0v) is 15.9. The van der Waals surface area contributed by atoms with E-state index in [1.807, 2.05) is 0 Å². The first kappa shape index (κ1) is 34.2. The molecule has 2 aromatic rings. The zero-order chi connectivity index (χ0) is 18.3. The van der Waals surface area contributed by atoms with Crippen LogP contribution in [0, 0.1) is 0 Å². The Bertz CT molecular complexity index is 643. The Morgan fingerprint density at radius 1 is 0.393 bits per heavy atom. The van der Waals surface area contributed by atoms with Gasteiger partial charge < -0.3 is 39.6 Å². The molecular formula is C16H8Li4O8. The normalized spacial score (nSPS) is 8.00. The van der Waals surface area contributed by atoms with E-state index in [-0.39, 0.29) is 97.7 Å². The number of hydrogen-bond donors (Lipinski definition) is 0. The summed E-state index contributed by atoms with van der Waals surface area (Å²) < 4.78 is 0. The number of carboxylic acids is 4. The van der Waals surface area contributed by atoms with Gasteiger partial charge in [0.15, 0.2) is 0 Å². The fourth-order valence-electron chi connectivity index (χ4n) is 1.48. The standard InChI is InChI=1S/2C8H6O4.4Li/c2*9-7(10)5-1-2-6(4-3-5)8(11)12;;;;/h2*1-4H,(H,9,10)(H,11,12);;;;/q;;4*+1/p-4. The molecule has 0 bridgehead atoms. The maximum atomic E-state index is 10.2. The van der Waals surface area contributed by atoms with Gasteiger partial charge >= 0.3 is 75.4 Å². The number of hydrogen-bond acceptors (Lipinski definition) is 8. The molecule has 124 valence electrons. The minimum absolute atomic E-state index is 0. The number of carbonyl (C=O) groups excluding carboxylic acids is 4. The molecule has 0 fully saturated rings. The van der Waals surface area contributed by atoms with Gasteiger partial charge in [-0.3, -0.25) is 0 Å². The van der Waals surface area contributed by atoms with Crippen molar-refractivity contribution in [3.05, 3.63) is 70.8 Å². The van der Waals surface area contributed by atoms with Crippen LogP contribution in [0.3, 0.4) is 0 Å². The van der Waals surface area contributed by atoms with Crippen LogP contribution in [0.1, 0.15) is 41.4 Å². The van der Waals surface area contributed by atoms with Gasteiger partial charge in [-0.25, -0.2) is 0 Å². The zero-order valence-electron chi connectivity index (χ0n) is 15.9. The fourth-order valence-corrected chi connectivity index (χ4v) is 1.48. The Morgan fingerprint density at radius 3 is 0.571 bits per heavy atom. The second kappa shape index (κ2) is 16.6. The van der Waals surface area contributed by atoms with E-state index in [9.17, 15) is 39.6 Å². The van der Waals surface area contributed by atoms with Gasteiger partial charge in [0.25, 0.3) is 0 Å². The number of rotatable bonds is 4. The van der Waals surface area contributed by atoms with Crippen molar-refractivity contribution in [2.45, 2.75) is 0 Å². The molecule has 0 saturated heterocycles. The summed E-state index contributed by atoms with van der Waals surface area (Å²) in [6.07, 6.45) is 0. The Labute approximate surface area is 208 Å². The molecule has 12 heteroatoms. The number of carboxylic acid groups (broad SMARTS) is 4. The summed E-state index contributed by atoms with van der Waals surface area (Å²) in [5, 5.41) is 40.8. The average molecular weight is 356 g/mol. The second-order valence-corrected chi connectivity index (χ2v) is 4.30. The summed E-state index contributed by atoms with van der Waals surface area (Å²) in [7, 11) is 0. The molecule has 0 radical (unpaired) electrons. The van der Waals surface area contributed by atoms with Gasteiger partial charge in [-0.05, 0) is 22.3 Å². The summed E-state index contributed by atoms with van der Waals surface area (Å²) in [5.74, 6) is -5.33. The van der Waals surface area contributed by atoms with Gasteiger partial charge in [0.2, 0.25) is 0 Å². The average Bonchev–Trinajstić information content (AvgIpc) is 2.55. The van der Waals surface area contributed by atoms with Crippen LogP contribution in [0.15, 0.2) is 48.5 Å². The van der Waals surface area contributed by atoms with E-state index in [4.69, 9.17) is 0 Å². The van der Waals surface area contributed by atoms with E-state index in [2.05, 4.69) is 0 Å². The van der Waals surface area contributed by atoms with Crippen molar-refractivity contribution < 1.29 is 115 Å². The van der Waals surface area contributed by atoms with E-state index in [0.717, 1.165) is 48.5 Å². The Balaban J connectivity index is -0.000000180. The molecular weight excluding hydrogens is 348 g/mol. The van der Waals surface area contributed by atoms with Crippen molar-refractivity contribution in [2.24, 2.45) is 0 Å². The van der Waals surface area contributed by atoms with E-state index < -0.39 is 23.9 Å². The predicted molar refractivity (Wildman–Crippen MR) is 70.2 cm³/mol. The van der Waals surface area contributed by atoms with E-state index in [0.29, 0.717) is 0 Å². The molecule has 0 aromatic heterocycles. The largest absolute Gasteiger partial charge is 1.00 e. The third-order valence-electron chi connectivity index (χ3n) is 2.71. The minimum Gasteiger partial charge on any atom is -0.545 e. The Kier molecular flexibility index (Phi) is 20.3. The Morgan fingerprint density at radius 2 is 0.500 bits per heavy atom. The number of benzene rings is 2. The third kappa shape index (κ3) is 11.5. The van der Waals surface area contributed by atoms with E-state index >= 15 is 0 Å². The van der Waals surface area contributed by atoms with Gasteiger partial charge in [0.1, 0.15) is 0 Å². The van der Waals surface area contributed by atoms with Gasteiger partial charge in [0.05, 0.1) is 23.9 Å². The number of aromatic carboxylic acids is 4. The summed E-state index contributed by atoms with van der Waals surface area (Å²) >= 11 is 0. The molecule has 0 aliphatic heterocycles. The number of carbonyl (C=O) groups is 4. The SMILES string of the molecule is O=C([O-])c1ccc(C(=O)[O-])cc1.O=C([O-])c1ccc(C(=O)[O-])cc1.[Li+].[Li+].[Li+].[Li+]. The van der Waals surface area contributed by atoms with E-state index in [1.54, 1.807) is 0 Å². The molecule has 28 heavy (non-hydrogen) atoms. The second-order valence-electron chi connectivity index (χ2n) is 4.30. The summed E-state index contributed by atoms with van der Waals surface area (Å²) in [6.45, 7) is 0. The van der Waals surface area contributed by atoms with Crippen LogP contribution in [0.5, 0.6) is 0 Å². The van der Waals surface area contributed by atoms with Crippen LogP contribution in [-0.2, 0) is 0 Å². The van der Waals surface area contributed by atoms with Crippen LogP contribution in [0.2, 0.25) is 0 Å². The van der Waals surface area contributed by atoms with Crippen molar-refractivity contribution in [3.63, 3.8) is 0 Å². The topological polar surface area (TPSA) is 161 Å². The third-order valence-corrected chi connectivity index (χ3v) is 2.71. The quantitative estimate of drug-likeness (QED) is 0.488. The van der Waals surface area contributed by atoms with Crippen molar-refractivity contribution in [3.8, 4) is 0 Å². The monoisotopic (exact) mass is 356 g/mol. The van der Waals surface area contributed by atoms with Crippen LogP contribution in [-0.4, -0.2) is 23.9 Å². The van der Waals surface area contributed by atoms with Crippen molar-refractivity contribution in [1.82, 2.24) is 0 Å². The fraction of sp³-hybridized carbons (Fsp3) is 0. The minimum atomic E-state index is -1.33. The summed E-state index contributed by atoms with van der Waals surface area (Å²) in [6, 6.07) is 9.23. The van der Waals surface area contributed by atoms with Crippen LogP contribution >= 0.6 is 0 Å². The molecule has 0 amide bonds. The molecule has 0 saturated carbocycles. The van der Waals surface area contributed by atoms with Crippen LogP contribution in [0.25, 0.3) is 0 Å². The van der Waals surface area contributed by atoms with Gasteiger partial charge in [-0.1, -0.05) is 48.5 Å². The maximum absolute atomic E-state index is 10.2. The maximum Gasteiger partial charge on any atom is 1.00 e. The molecule has 0 atom stereocenters. The Hall–Kier alpha value is -1.29. The van der Waals surface area contributed by atoms with Gasteiger partial charge in [-0.2, -0.15) is 0 Å². The molecule has 0 heterocycles. The van der Waals surface area contributed by atoms with E-state index in [1.165, 1.54) is 0 Å². The molecule has 8 nitrogen and oxygen atoms in total. The smallest absolute Gasteiger partial charge is 0.545 e. The van der Waals surface area contributed by atoms with Crippen molar-refractivity contribution >= 4 is 23.9 Å². The summed E-state index contributed by atoms with van der Waals surface area (Å²) in [5.41, 5.74) is -0.222. The molecule has 0 unspecified atom stereocenters. The summed E-state index contributed by atoms with van der Waals surface area (Å²) in [4.78, 5) is 40.8. The molecule has 0 spiro atoms. The van der Waals surface area contributed by atoms with Crippen LogP contribution in [0.4, 0.5) is 0 Å². The first-order chi connectivity index (χ1) is 11.2. The van der Waals surface area contributed by atoms with Crippen molar-refractivity contribution in [2.75, 3.05) is 0 Å². The molecule has 0 aliphatic carbocycles. The van der Waals surface area contributed by atoms with Crippen LogP contribution < -0.4 is 95.9 Å². The van der Waals surface area contributed by atoms with Crippen molar-refractivity contribution in [1.29, 1.82) is 0 Å². The molecule has 0 aliphatic rings. The molecule has 2 aromatic carbocycles.